The van der Waals surface area contributed by atoms with Gasteiger partial charge in [-0.3, -0.25) is 14.5 Å². The number of hydrogen-bond acceptors (Lipinski definition) is 4. The fourth-order valence-corrected chi connectivity index (χ4v) is 3.62. The van der Waals surface area contributed by atoms with Crippen LogP contribution in [0.15, 0.2) is 51.8 Å². The Hall–Kier alpha value is -2.05. The number of nitrogens with zero attached hydrogens (tertiary/aromatic N) is 1. The molecule has 24 heavy (non-hydrogen) atoms. The molecule has 0 bridgehead atoms. The zero-order valence-corrected chi connectivity index (χ0v) is 15.2. The highest BCUT2D eigenvalue weighted by atomic mass is 79.9. The monoisotopic (exact) mass is 403 g/mol. The second kappa shape index (κ2) is 6.83. The Morgan fingerprint density at radius 2 is 2.00 bits per heavy atom. The summed E-state index contributed by atoms with van der Waals surface area (Å²) < 4.78 is 0.783. The zero-order valence-electron chi connectivity index (χ0n) is 12.8. The van der Waals surface area contributed by atoms with Crippen LogP contribution in [0.4, 0.5) is 4.79 Å². The summed E-state index contributed by atoms with van der Waals surface area (Å²) in [7, 11) is 0. The van der Waals surface area contributed by atoms with Crippen molar-refractivity contribution in [1.82, 2.24) is 4.90 Å². The summed E-state index contributed by atoms with van der Waals surface area (Å²) in [5.74, 6) is -0.283. The summed E-state index contributed by atoms with van der Waals surface area (Å²) in [6.45, 7) is 2.21. The van der Waals surface area contributed by atoms with E-state index in [0.717, 1.165) is 27.4 Å². The van der Waals surface area contributed by atoms with E-state index in [-0.39, 0.29) is 23.4 Å². The van der Waals surface area contributed by atoms with Crippen molar-refractivity contribution in [2.45, 2.75) is 13.5 Å². The number of halogens is 1. The number of amides is 2. The molecule has 1 aliphatic heterocycles. The average Bonchev–Trinajstić information content (AvgIpc) is 2.79. The Morgan fingerprint density at radius 1 is 1.21 bits per heavy atom. The molecule has 3 rings (SSSR count). The molecule has 1 fully saturated rings. The number of carbonyl (C=O) groups excluding carboxylic acids is 2. The number of rotatable bonds is 3. The molecule has 0 saturated carbocycles. The van der Waals surface area contributed by atoms with Gasteiger partial charge in [-0.1, -0.05) is 45.8 Å². The number of phenols is 1. The molecule has 122 valence electrons. The number of carbonyl (C=O) groups is 2. The number of thioether (sulfide) groups is 1. The minimum atomic E-state index is -0.342. The van der Waals surface area contributed by atoms with E-state index >= 15 is 0 Å². The molecule has 6 heteroatoms. The third-order valence-corrected chi connectivity index (χ3v) is 4.97. The minimum absolute atomic E-state index is 0.0590. The molecule has 1 N–H and O–H groups in total. The molecule has 0 aliphatic carbocycles. The molecule has 0 atom stereocenters. The Morgan fingerprint density at radius 3 is 2.75 bits per heavy atom. The molecule has 1 aliphatic rings. The van der Waals surface area contributed by atoms with E-state index in [9.17, 15) is 14.7 Å². The molecule has 0 aromatic heterocycles. The molecular formula is C18H14BrNO3S. The number of aryl methyl sites for hydroxylation is 1. The van der Waals surface area contributed by atoms with Crippen LogP contribution in [0, 0.1) is 6.92 Å². The summed E-state index contributed by atoms with van der Waals surface area (Å²) in [6.07, 6.45) is 1.54. The van der Waals surface area contributed by atoms with Gasteiger partial charge < -0.3 is 5.11 Å². The van der Waals surface area contributed by atoms with Crippen LogP contribution in [0.2, 0.25) is 0 Å². The molecule has 0 unspecified atom stereocenters. The Bertz CT molecular complexity index is 863. The van der Waals surface area contributed by atoms with Crippen LogP contribution >= 0.6 is 27.7 Å². The lowest BCUT2D eigenvalue weighted by Gasteiger charge is -2.12. The maximum Gasteiger partial charge on any atom is 0.293 e. The van der Waals surface area contributed by atoms with Gasteiger partial charge in [0.15, 0.2) is 0 Å². The maximum absolute atomic E-state index is 12.5. The van der Waals surface area contributed by atoms with Gasteiger partial charge in [0.1, 0.15) is 5.75 Å². The standard InChI is InChI=1S/C18H14BrNO3S/c1-11-3-2-4-12(7-11)10-20-17(22)16(24-18(20)23)9-13-8-14(19)5-6-15(13)21/h2-9,21H,10H2,1H3/b16-9-. The number of aromatic hydroxyl groups is 1. The smallest absolute Gasteiger partial charge is 0.293 e. The SMILES string of the molecule is Cc1cccc(CN2C(=O)S/C(=C\c3cc(Br)ccc3O)C2=O)c1. The molecule has 2 amide bonds. The predicted octanol–water partition coefficient (Wildman–Crippen LogP) is 4.70. The third kappa shape index (κ3) is 3.55. The van der Waals surface area contributed by atoms with Crippen molar-refractivity contribution in [2.75, 3.05) is 0 Å². The maximum atomic E-state index is 12.5. The Labute approximate surface area is 152 Å². The predicted molar refractivity (Wildman–Crippen MR) is 98.5 cm³/mol. The van der Waals surface area contributed by atoms with Crippen LogP contribution in [0.25, 0.3) is 6.08 Å². The summed E-state index contributed by atoms with van der Waals surface area (Å²) in [4.78, 5) is 26.2. The van der Waals surface area contributed by atoms with Gasteiger partial charge in [0.2, 0.25) is 0 Å². The van der Waals surface area contributed by atoms with Crippen molar-refractivity contribution in [1.29, 1.82) is 0 Å². The van der Waals surface area contributed by atoms with Gasteiger partial charge in [0.05, 0.1) is 11.4 Å². The van der Waals surface area contributed by atoms with Crippen LogP contribution in [0.1, 0.15) is 16.7 Å². The second-order valence-electron chi connectivity index (χ2n) is 5.46. The summed E-state index contributed by atoms with van der Waals surface area (Å²) >= 11 is 4.21. The normalized spacial score (nSPS) is 16.2. The van der Waals surface area contributed by atoms with Crippen molar-refractivity contribution < 1.29 is 14.7 Å². The van der Waals surface area contributed by atoms with Gasteiger partial charge in [-0.05, 0) is 48.5 Å². The van der Waals surface area contributed by atoms with Crippen LogP contribution in [0.3, 0.4) is 0 Å². The molecule has 4 nitrogen and oxygen atoms in total. The van der Waals surface area contributed by atoms with E-state index in [4.69, 9.17) is 0 Å². The topological polar surface area (TPSA) is 57.6 Å². The molecule has 0 spiro atoms. The summed E-state index contributed by atoms with van der Waals surface area (Å²) in [5, 5.41) is 9.59. The molecule has 1 heterocycles. The number of imide groups is 1. The molecule has 1 saturated heterocycles. The van der Waals surface area contributed by atoms with Crippen LogP contribution in [-0.4, -0.2) is 21.2 Å². The largest absolute Gasteiger partial charge is 0.507 e. The molecular weight excluding hydrogens is 390 g/mol. The van der Waals surface area contributed by atoms with E-state index in [1.165, 1.54) is 11.0 Å². The fraction of sp³-hybridized carbons (Fsp3) is 0.111. The van der Waals surface area contributed by atoms with Gasteiger partial charge in [0, 0.05) is 10.0 Å². The third-order valence-electron chi connectivity index (χ3n) is 3.57. The van der Waals surface area contributed by atoms with Crippen molar-refractivity contribution in [3.8, 4) is 5.75 Å². The first-order valence-corrected chi connectivity index (χ1v) is 8.84. The zero-order chi connectivity index (χ0) is 17.3. The lowest BCUT2D eigenvalue weighted by molar-refractivity contribution is -0.123. The number of hydrogen-bond donors (Lipinski definition) is 1. The van der Waals surface area contributed by atoms with Crippen LogP contribution < -0.4 is 0 Å². The lowest BCUT2D eigenvalue weighted by atomic mass is 10.1. The van der Waals surface area contributed by atoms with Gasteiger partial charge in [-0.2, -0.15) is 0 Å². The molecule has 0 radical (unpaired) electrons. The fourth-order valence-electron chi connectivity index (χ4n) is 2.41. The van der Waals surface area contributed by atoms with E-state index in [1.807, 2.05) is 31.2 Å². The first kappa shape index (κ1) is 16.8. The second-order valence-corrected chi connectivity index (χ2v) is 7.37. The minimum Gasteiger partial charge on any atom is -0.507 e. The van der Waals surface area contributed by atoms with Gasteiger partial charge >= 0.3 is 0 Å². The van der Waals surface area contributed by atoms with Crippen LogP contribution in [-0.2, 0) is 11.3 Å². The summed E-state index contributed by atoms with van der Waals surface area (Å²) in [6, 6.07) is 12.6. The van der Waals surface area contributed by atoms with Crippen molar-refractivity contribution in [3.63, 3.8) is 0 Å². The number of benzene rings is 2. The highest BCUT2D eigenvalue weighted by Crippen LogP contribution is 2.35. The highest BCUT2D eigenvalue weighted by Gasteiger charge is 2.35. The van der Waals surface area contributed by atoms with Crippen LogP contribution in [0.5, 0.6) is 5.75 Å². The van der Waals surface area contributed by atoms with E-state index in [1.54, 1.807) is 18.2 Å². The summed E-state index contributed by atoms with van der Waals surface area (Å²) in [5.41, 5.74) is 2.48. The Kier molecular flexibility index (Phi) is 4.78. The van der Waals surface area contributed by atoms with Gasteiger partial charge in [0.25, 0.3) is 11.1 Å². The molecule has 2 aromatic carbocycles. The highest BCUT2D eigenvalue weighted by molar-refractivity contribution is 9.10. The van der Waals surface area contributed by atoms with Crippen molar-refractivity contribution >= 4 is 44.9 Å². The van der Waals surface area contributed by atoms with E-state index < -0.39 is 0 Å². The quantitative estimate of drug-likeness (QED) is 0.754. The van der Waals surface area contributed by atoms with E-state index in [2.05, 4.69) is 15.9 Å². The Balaban J connectivity index is 1.86. The van der Waals surface area contributed by atoms with Crippen molar-refractivity contribution in [2.24, 2.45) is 0 Å². The van der Waals surface area contributed by atoms with Gasteiger partial charge in [-0.15, -0.1) is 0 Å². The number of phenolic OH excluding ortho intramolecular Hbond substituents is 1. The van der Waals surface area contributed by atoms with E-state index in [0.29, 0.717) is 10.5 Å². The van der Waals surface area contributed by atoms with Gasteiger partial charge in [-0.25, -0.2) is 0 Å². The average molecular weight is 404 g/mol. The van der Waals surface area contributed by atoms with Crippen molar-refractivity contribution in [3.05, 3.63) is 68.5 Å². The first-order valence-electron chi connectivity index (χ1n) is 7.23. The lowest BCUT2D eigenvalue weighted by Crippen LogP contribution is -2.27. The molecule has 2 aromatic rings. The first-order chi connectivity index (χ1) is 11.4.